The maximum atomic E-state index is 13.8. The lowest BCUT2D eigenvalue weighted by molar-refractivity contribution is 0.362. The molecule has 3 atom stereocenters. The molecule has 1 saturated carbocycles. The maximum Gasteiger partial charge on any atom is 0.163 e. The second kappa shape index (κ2) is 5.13. The van der Waals surface area contributed by atoms with E-state index in [9.17, 15) is 8.78 Å². The van der Waals surface area contributed by atoms with Crippen LogP contribution >= 0.6 is 0 Å². The van der Waals surface area contributed by atoms with Gasteiger partial charge < -0.3 is 5.32 Å². The Hall–Kier alpha value is -0.960. The molecule has 0 amide bonds. The van der Waals surface area contributed by atoms with Crippen molar-refractivity contribution >= 4 is 0 Å². The number of nitrogens with one attached hydrogen (secondary N) is 1. The monoisotopic (exact) mass is 239 g/mol. The molecule has 1 fully saturated rings. The highest BCUT2D eigenvalue weighted by molar-refractivity contribution is 5.23. The van der Waals surface area contributed by atoms with E-state index in [-0.39, 0.29) is 6.04 Å². The van der Waals surface area contributed by atoms with E-state index in [1.54, 1.807) is 12.1 Å². The molecular formula is C14H19F2N. The Morgan fingerprint density at radius 1 is 1.29 bits per heavy atom. The SMILES string of the molecule is CNC(c1cccc(F)c1F)C1CCC(C)C1. The molecule has 3 heteroatoms. The van der Waals surface area contributed by atoms with Gasteiger partial charge in [0.25, 0.3) is 0 Å². The Morgan fingerprint density at radius 3 is 2.65 bits per heavy atom. The highest BCUT2D eigenvalue weighted by atomic mass is 19.2. The van der Waals surface area contributed by atoms with Gasteiger partial charge in [0.1, 0.15) is 0 Å². The van der Waals surface area contributed by atoms with E-state index >= 15 is 0 Å². The smallest absolute Gasteiger partial charge is 0.163 e. The molecule has 94 valence electrons. The number of hydrogen-bond acceptors (Lipinski definition) is 1. The minimum Gasteiger partial charge on any atom is -0.313 e. The van der Waals surface area contributed by atoms with Gasteiger partial charge in [-0.3, -0.25) is 0 Å². The van der Waals surface area contributed by atoms with Crippen molar-refractivity contribution in [3.63, 3.8) is 0 Å². The van der Waals surface area contributed by atoms with Crippen molar-refractivity contribution in [1.29, 1.82) is 0 Å². The van der Waals surface area contributed by atoms with Gasteiger partial charge in [-0.1, -0.05) is 25.5 Å². The van der Waals surface area contributed by atoms with Crippen molar-refractivity contribution in [1.82, 2.24) is 5.32 Å². The van der Waals surface area contributed by atoms with E-state index in [0.29, 0.717) is 17.4 Å². The van der Waals surface area contributed by atoms with Crippen LogP contribution in [0, 0.1) is 23.5 Å². The summed E-state index contributed by atoms with van der Waals surface area (Å²) < 4.78 is 27.0. The molecule has 0 heterocycles. The summed E-state index contributed by atoms with van der Waals surface area (Å²) >= 11 is 0. The lowest BCUT2D eigenvalue weighted by atomic mass is 9.90. The minimum atomic E-state index is -0.756. The van der Waals surface area contributed by atoms with Gasteiger partial charge in [-0.15, -0.1) is 0 Å². The highest BCUT2D eigenvalue weighted by Crippen LogP contribution is 2.39. The summed E-state index contributed by atoms with van der Waals surface area (Å²) in [5.74, 6) is -0.362. The molecule has 0 saturated heterocycles. The molecule has 0 radical (unpaired) electrons. The van der Waals surface area contributed by atoms with E-state index in [2.05, 4.69) is 12.2 Å². The Labute approximate surface area is 101 Å². The van der Waals surface area contributed by atoms with Crippen LogP contribution in [0.2, 0.25) is 0 Å². The first-order valence-electron chi connectivity index (χ1n) is 6.24. The Bertz CT molecular complexity index is 392. The second-order valence-electron chi connectivity index (χ2n) is 5.09. The van der Waals surface area contributed by atoms with Crippen molar-refractivity contribution in [2.24, 2.45) is 11.8 Å². The summed E-state index contributed by atoms with van der Waals surface area (Å²) in [7, 11) is 1.82. The summed E-state index contributed by atoms with van der Waals surface area (Å²) in [6.07, 6.45) is 3.35. The first-order chi connectivity index (χ1) is 8.13. The zero-order chi connectivity index (χ0) is 12.4. The fourth-order valence-electron chi connectivity index (χ4n) is 2.96. The average Bonchev–Trinajstić information content (AvgIpc) is 2.72. The van der Waals surface area contributed by atoms with Crippen LogP contribution in [0.5, 0.6) is 0 Å². The first-order valence-corrected chi connectivity index (χ1v) is 6.24. The largest absolute Gasteiger partial charge is 0.313 e. The van der Waals surface area contributed by atoms with Gasteiger partial charge in [-0.2, -0.15) is 0 Å². The highest BCUT2D eigenvalue weighted by Gasteiger charge is 2.30. The van der Waals surface area contributed by atoms with E-state index in [4.69, 9.17) is 0 Å². The third kappa shape index (κ3) is 2.49. The molecule has 0 spiro atoms. The minimum absolute atomic E-state index is 0.0735. The van der Waals surface area contributed by atoms with Gasteiger partial charge in [0.05, 0.1) is 0 Å². The summed E-state index contributed by atoms with van der Waals surface area (Å²) in [6.45, 7) is 2.22. The van der Waals surface area contributed by atoms with Gasteiger partial charge in [-0.25, -0.2) is 8.78 Å². The molecule has 1 aliphatic rings. The van der Waals surface area contributed by atoms with E-state index in [0.717, 1.165) is 12.8 Å². The molecule has 17 heavy (non-hydrogen) atoms. The van der Waals surface area contributed by atoms with Crippen LogP contribution in [0.25, 0.3) is 0 Å². The third-order valence-electron chi connectivity index (χ3n) is 3.83. The molecule has 0 aliphatic heterocycles. The predicted octanol–water partition coefficient (Wildman–Crippen LogP) is 3.66. The molecule has 1 N–H and O–H groups in total. The van der Waals surface area contributed by atoms with Crippen LogP contribution in [0.3, 0.4) is 0 Å². The van der Waals surface area contributed by atoms with Gasteiger partial charge in [-0.05, 0) is 37.8 Å². The Kier molecular flexibility index (Phi) is 3.77. The summed E-state index contributed by atoms with van der Waals surface area (Å²) in [4.78, 5) is 0. The molecule has 1 aliphatic carbocycles. The second-order valence-corrected chi connectivity index (χ2v) is 5.09. The Morgan fingerprint density at radius 2 is 2.06 bits per heavy atom. The summed E-state index contributed by atoms with van der Waals surface area (Å²) in [5, 5.41) is 3.14. The van der Waals surface area contributed by atoms with E-state index in [1.165, 1.54) is 12.5 Å². The number of hydrogen-bond donors (Lipinski definition) is 1. The molecule has 1 nitrogen and oxygen atoms in total. The maximum absolute atomic E-state index is 13.8. The zero-order valence-electron chi connectivity index (χ0n) is 10.3. The van der Waals surface area contributed by atoms with Gasteiger partial charge in [0, 0.05) is 11.6 Å². The molecule has 1 aromatic carbocycles. The number of rotatable bonds is 3. The van der Waals surface area contributed by atoms with Crippen LogP contribution in [-0.2, 0) is 0 Å². The third-order valence-corrected chi connectivity index (χ3v) is 3.83. The first kappa shape index (κ1) is 12.5. The van der Waals surface area contributed by atoms with Crippen LogP contribution in [0.4, 0.5) is 8.78 Å². The number of benzene rings is 1. The van der Waals surface area contributed by atoms with Crippen molar-refractivity contribution in [3.05, 3.63) is 35.4 Å². The fourth-order valence-corrected chi connectivity index (χ4v) is 2.96. The lowest BCUT2D eigenvalue weighted by Gasteiger charge is -2.24. The summed E-state index contributed by atoms with van der Waals surface area (Å²) in [6, 6.07) is 4.36. The normalized spacial score (nSPS) is 26.1. The van der Waals surface area contributed by atoms with E-state index in [1.807, 2.05) is 7.05 Å². The Balaban J connectivity index is 2.26. The topological polar surface area (TPSA) is 12.0 Å². The summed E-state index contributed by atoms with van der Waals surface area (Å²) in [5.41, 5.74) is 0.464. The van der Waals surface area contributed by atoms with Crippen LogP contribution in [0.15, 0.2) is 18.2 Å². The van der Waals surface area contributed by atoms with Crippen molar-refractivity contribution < 1.29 is 8.78 Å². The molecule has 0 aromatic heterocycles. The number of halogens is 2. The van der Waals surface area contributed by atoms with Gasteiger partial charge in [0.15, 0.2) is 11.6 Å². The van der Waals surface area contributed by atoms with Crippen molar-refractivity contribution in [2.75, 3.05) is 7.05 Å². The lowest BCUT2D eigenvalue weighted by Crippen LogP contribution is -2.25. The van der Waals surface area contributed by atoms with Crippen molar-refractivity contribution in [3.8, 4) is 0 Å². The molecule has 1 aromatic rings. The van der Waals surface area contributed by atoms with Gasteiger partial charge >= 0.3 is 0 Å². The predicted molar refractivity (Wildman–Crippen MR) is 64.7 cm³/mol. The molecular weight excluding hydrogens is 220 g/mol. The van der Waals surface area contributed by atoms with E-state index < -0.39 is 11.6 Å². The average molecular weight is 239 g/mol. The van der Waals surface area contributed by atoms with Crippen LogP contribution < -0.4 is 5.32 Å². The van der Waals surface area contributed by atoms with Crippen molar-refractivity contribution in [2.45, 2.75) is 32.2 Å². The quantitative estimate of drug-likeness (QED) is 0.848. The fraction of sp³-hybridized carbons (Fsp3) is 0.571. The van der Waals surface area contributed by atoms with Crippen LogP contribution in [-0.4, -0.2) is 7.05 Å². The molecule has 0 bridgehead atoms. The zero-order valence-corrected chi connectivity index (χ0v) is 10.3. The molecule has 3 unspecified atom stereocenters. The standard InChI is InChI=1S/C14H19F2N/c1-9-6-7-10(8-9)14(17-2)11-4-3-5-12(15)13(11)16/h3-5,9-10,14,17H,6-8H2,1-2H3. The van der Waals surface area contributed by atoms with Gasteiger partial charge in [0.2, 0.25) is 0 Å². The molecule has 2 rings (SSSR count). The van der Waals surface area contributed by atoms with Crippen LogP contribution in [0.1, 0.15) is 37.8 Å².